The van der Waals surface area contributed by atoms with Gasteiger partial charge in [0.05, 0.1) is 22.0 Å². The third kappa shape index (κ3) is 5.35. The van der Waals surface area contributed by atoms with Crippen molar-refractivity contribution in [3.05, 3.63) is 107 Å². The number of esters is 1. The van der Waals surface area contributed by atoms with Crippen LogP contribution >= 0.6 is 11.6 Å². The third-order valence-electron chi connectivity index (χ3n) is 4.57. The van der Waals surface area contributed by atoms with Crippen molar-refractivity contribution >= 4 is 17.6 Å². The molecule has 0 saturated heterocycles. The van der Waals surface area contributed by atoms with Gasteiger partial charge < -0.3 is 9.47 Å². The molecule has 0 aliphatic carbocycles. The van der Waals surface area contributed by atoms with Crippen molar-refractivity contribution in [1.29, 1.82) is 0 Å². The molecule has 0 N–H and O–H groups in total. The maximum absolute atomic E-state index is 13.3. The van der Waals surface area contributed by atoms with Gasteiger partial charge in [0.1, 0.15) is 18.1 Å². The predicted molar refractivity (Wildman–Crippen MR) is 116 cm³/mol. The molecule has 0 bridgehead atoms. The molecule has 4 rings (SSSR count). The van der Waals surface area contributed by atoms with Crippen LogP contribution in [0.4, 0.5) is 13.2 Å². The van der Waals surface area contributed by atoms with E-state index >= 15 is 0 Å². The van der Waals surface area contributed by atoms with Gasteiger partial charge in [-0.3, -0.25) is 0 Å². The second-order valence-corrected chi connectivity index (χ2v) is 7.31. The number of carbonyl (C=O) groups excluding carboxylic acids is 1. The SMILES string of the molecule is O=C(Oc1cccc(OCc2cc(C(F)(F)F)nn2-c2ccccc2Cl)c1)c1ccccc1. The zero-order valence-electron chi connectivity index (χ0n) is 16.9. The Morgan fingerprint density at radius 2 is 1.61 bits per heavy atom. The Bertz CT molecular complexity index is 1270. The maximum Gasteiger partial charge on any atom is 0.435 e. The highest BCUT2D eigenvalue weighted by Gasteiger charge is 2.35. The van der Waals surface area contributed by atoms with E-state index in [2.05, 4.69) is 5.10 Å². The van der Waals surface area contributed by atoms with E-state index < -0.39 is 17.8 Å². The maximum atomic E-state index is 13.3. The smallest absolute Gasteiger partial charge is 0.435 e. The summed E-state index contributed by atoms with van der Waals surface area (Å²) < 4.78 is 52.0. The van der Waals surface area contributed by atoms with Crippen molar-refractivity contribution in [2.24, 2.45) is 0 Å². The minimum Gasteiger partial charge on any atom is -0.487 e. The van der Waals surface area contributed by atoms with Crippen LogP contribution in [0.2, 0.25) is 5.02 Å². The average molecular weight is 473 g/mol. The molecule has 0 unspecified atom stereocenters. The molecule has 0 aliphatic heterocycles. The number of hydrogen-bond donors (Lipinski definition) is 0. The van der Waals surface area contributed by atoms with Crippen molar-refractivity contribution in [1.82, 2.24) is 9.78 Å². The topological polar surface area (TPSA) is 53.4 Å². The summed E-state index contributed by atoms with van der Waals surface area (Å²) in [6.07, 6.45) is -4.63. The van der Waals surface area contributed by atoms with E-state index in [4.69, 9.17) is 21.1 Å². The molecule has 0 radical (unpaired) electrons. The minimum absolute atomic E-state index is 0.141. The van der Waals surface area contributed by atoms with E-state index in [0.29, 0.717) is 17.0 Å². The fraction of sp³-hybridized carbons (Fsp3) is 0.0833. The number of alkyl halides is 3. The first kappa shape index (κ1) is 22.4. The highest BCUT2D eigenvalue weighted by molar-refractivity contribution is 6.32. The first-order chi connectivity index (χ1) is 15.8. The van der Waals surface area contributed by atoms with Crippen LogP contribution in [0.5, 0.6) is 11.5 Å². The molecule has 0 spiro atoms. The lowest BCUT2D eigenvalue weighted by molar-refractivity contribution is -0.141. The van der Waals surface area contributed by atoms with Crippen LogP contribution in [0, 0.1) is 0 Å². The molecule has 0 saturated carbocycles. The summed E-state index contributed by atoms with van der Waals surface area (Å²) in [5.74, 6) is -0.00913. The van der Waals surface area contributed by atoms with Gasteiger partial charge in [0.2, 0.25) is 0 Å². The van der Waals surface area contributed by atoms with Gasteiger partial charge in [-0.2, -0.15) is 18.3 Å². The molecule has 0 aliphatic rings. The Hall–Kier alpha value is -3.78. The molecular weight excluding hydrogens is 457 g/mol. The van der Waals surface area contributed by atoms with Crippen LogP contribution in [-0.4, -0.2) is 15.7 Å². The monoisotopic (exact) mass is 472 g/mol. The van der Waals surface area contributed by atoms with Crippen LogP contribution < -0.4 is 9.47 Å². The van der Waals surface area contributed by atoms with E-state index in [1.165, 1.54) is 6.07 Å². The summed E-state index contributed by atoms with van der Waals surface area (Å²) in [5, 5.41) is 3.91. The fourth-order valence-corrected chi connectivity index (χ4v) is 3.23. The van der Waals surface area contributed by atoms with Crippen molar-refractivity contribution < 1.29 is 27.4 Å². The van der Waals surface area contributed by atoms with E-state index in [9.17, 15) is 18.0 Å². The van der Waals surface area contributed by atoms with Gasteiger partial charge in [-0.15, -0.1) is 0 Å². The molecule has 1 aromatic heterocycles. The Kier molecular flexibility index (Phi) is 6.37. The van der Waals surface area contributed by atoms with Crippen LogP contribution in [0.1, 0.15) is 21.7 Å². The standard InChI is InChI=1S/C24H16ClF3N2O3/c25-20-11-4-5-12-21(20)30-17(13-22(29-30)24(26,27)28)15-32-18-9-6-10-19(14-18)33-23(31)16-7-2-1-3-8-16/h1-14H,15H2. The minimum atomic E-state index is -4.63. The highest BCUT2D eigenvalue weighted by Crippen LogP contribution is 2.31. The lowest BCUT2D eigenvalue weighted by Gasteiger charge is -2.11. The van der Waals surface area contributed by atoms with Gasteiger partial charge in [0.15, 0.2) is 5.69 Å². The van der Waals surface area contributed by atoms with Crippen molar-refractivity contribution in [3.63, 3.8) is 0 Å². The molecule has 0 fully saturated rings. The summed E-state index contributed by atoms with van der Waals surface area (Å²) in [6.45, 7) is -0.232. The average Bonchev–Trinajstić information content (AvgIpc) is 3.23. The van der Waals surface area contributed by atoms with Gasteiger partial charge >= 0.3 is 12.1 Å². The fourth-order valence-electron chi connectivity index (χ4n) is 3.02. The molecule has 168 valence electrons. The van der Waals surface area contributed by atoms with Gasteiger partial charge in [-0.05, 0) is 42.5 Å². The number of nitrogens with zero attached hydrogens (tertiary/aromatic N) is 2. The van der Waals surface area contributed by atoms with Gasteiger partial charge in [-0.1, -0.05) is 48.0 Å². The van der Waals surface area contributed by atoms with Gasteiger partial charge in [0.25, 0.3) is 0 Å². The van der Waals surface area contributed by atoms with E-state index in [0.717, 1.165) is 10.7 Å². The van der Waals surface area contributed by atoms with Crippen molar-refractivity contribution in [3.8, 4) is 17.2 Å². The summed E-state index contributed by atoms with van der Waals surface area (Å²) in [6, 6.07) is 22.0. The molecular formula is C24H16ClF3N2O3. The van der Waals surface area contributed by atoms with Gasteiger partial charge in [0, 0.05) is 6.07 Å². The number of para-hydroxylation sites is 1. The van der Waals surface area contributed by atoms with E-state index in [-0.39, 0.29) is 23.1 Å². The molecule has 1 heterocycles. The third-order valence-corrected chi connectivity index (χ3v) is 4.89. The highest BCUT2D eigenvalue weighted by atomic mass is 35.5. The van der Waals surface area contributed by atoms with Crippen molar-refractivity contribution in [2.45, 2.75) is 12.8 Å². The number of rotatable bonds is 6. The summed E-state index contributed by atoms with van der Waals surface area (Å²) >= 11 is 6.16. The number of halogens is 4. The Balaban J connectivity index is 1.55. The molecule has 5 nitrogen and oxygen atoms in total. The zero-order valence-corrected chi connectivity index (χ0v) is 17.7. The Morgan fingerprint density at radius 3 is 2.33 bits per heavy atom. The van der Waals surface area contributed by atoms with E-state index in [1.54, 1.807) is 72.8 Å². The lowest BCUT2D eigenvalue weighted by Crippen LogP contribution is -2.09. The number of hydrogen-bond acceptors (Lipinski definition) is 4. The molecule has 4 aromatic rings. The summed E-state index contributed by atoms with van der Waals surface area (Å²) in [5.41, 5.74) is -0.250. The lowest BCUT2D eigenvalue weighted by atomic mass is 10.2. The van der Waals surface area contributed by atoms with Crippen LogP contribution in [-0.2, 0) is 12.8 Å². The number of ether oxygens (including phenoxy) is 2. The molecule has 33 heavy (non-hydrogen) atoms. The predicted octanol–water partition coefficient (Wildman–Crippen LogP) is 6.34. The number of aromatic nitrogens is 2. The first-order valence-corrected chi connectivity index (χ1v) is 10.1. The van der Waals surface area contributed by atoms with E-state index in [1.807, 2.05) is 0 Å². The molecule has 0 atom stereocenters. The molecule has 9 heteroatoms. The molecule has 3 aromatic carbocycles. The quantitative estimate of drug-likeness (QED) is 0.242. The Labute approximate surface area is 191 Å². The second kappa shape index (κ2) is 9.38. The van der Waals surface area contributed by atoms with Crippen molar-refractivity contribution in [2.75, 3.05) is 0 Å². The number of carbonyl (C=O) groups is 1. The first-order valence-electron chi connectivity index (χ1n) is 9.72. The second-order valence-electron chi connectivity index (χ2n) is 6.90. The normalized spacial score (nSPS) is 11.3. The van der Waals surface area contributed by atoms with Crippen LogP contribution in [0.15, 0.2) is 84.9 Å². The zero-order chi connectivity index (χ0) is 23.4. The largest absolute Gasteiger partial charge is 0.487 e. The molecule has 0 amide bonds. The number of benzene rings is 3. The van der Waals surface area contributed by atoms with Gasteiger partial charge in [-0.25, -0.2) is 9.48 Å². The van der Waals surface area contributed by atoms with Crippen LogP contribution in [0.25, 0.3) is 5.69 Å². The Morgan fingerprint density at radius 1 is 0.909 bits per heavy atom. The summed E-state index contributed by atoms with van der Waals surface area (Å²) in [7, 11) is 0. The van der Waals surface area contributed by atoms with Crippen LogP contribution in [0.3, 0.4) is 0 Å². The summed E-state index contributed by atoms with van der Waals surface area (Å²) in [4.78, 5) is 12.2.